The van der Waals surface area contributed by atoms with E-state index in [4.69, 9.17) is 4.74 Å². The lowest BCUT2D eigenvalue weighted by Crippen LogP contribution is -2.15. The van der Waals surface area contributed by atoms with Crippen LogP contribution in [-0.4, -0.2) is 20.9 Å². The summed E-state index contributed by atoms with van der Waals surface area (Å²) < 4.78 is 33.4. The molecule has 0 spiro atoms. The molecule has 2 N–H and O–H groups in total. The molecule has 0 saturated carbocycles. The Morgan fingerprint density at radius 1 is 0.933 bits per heavy atom. The van der Waals surface area contributed by atoms with Gasteiger partial charge in [-0.1, -0.05) is 29.8 Å². The summed E-state index contributed by atoms with van der Waals surface area (Å²) >= 11 is 0. The van der Waals surface area contributed by atoms with Crippen molar-refractivity contribution in [2.24, 2.45) is 0 Å². The zero-order valence-corrected chi connectivity index (χ0v) is 17.9. The minimum absolute atomic E-state index is 0.182. The van der Waals surface area contributed by atoms with Gasteiger partial charge in [0, 0.05) is 5.56 Å². The van der Waals surface area contributed by atoms with E-state index in [2.05, 4.69) is 10.0 Å². The molecule has 0 aliphatic carbocycles. The highest BCUT2D eigenvalue weighted by Gasteiger charge is 2.16. The second-order valence-corrected chi connectivity index (χ2v) is 8.51. The number of anilines is 2. The van der Waals surface area contributed by atoms with Crippen LogP contribution in [0.4, 0.5) is 11.4 Å². The van der Waals surface area contributed by atoms with E-state index in [0.29, 0.717) is 34.9 Å². The average Bonchev–Trinajstić information content (AvgIpc) is 2.71. The minimum Gasteiger partial charge on any atom is -0.492 e. The van der Waals surface area contributed by atoms with Crippen LogP contribution in [0.15, 0.2) is 71.6 Å². The van der Waals surface area contributed by atoms with Gasteiger partial charge in [0.25, 0.3) is 15.9 Å². The van der Waals surface area contributed by atoms with E-state index < -0.39 is 10.0 Å². The summed E-state index contributed by atoms with van der Waals surface area (Å²) in [7, 11) is -3.71. The van der Waals surface area contributed by atoms with Crippen molar-refractivity contribution in [2.75, 3.05) is 16.6 Å². The maximum atomic E-state index is 12.7. The maximum absolute atomic E-state index is 12.7. The van der Waals surface area contributed by atoms with E-state index in [-0.39, 0.29) is 10.8 Å². The molecule has 0 fully saturated rings. The summed E-state index contributed by atoms with van der Waals surface area (Å²) in [5.41, 5.74) is 3.02. The highest BCUT2D eigenvalue weighted by Crippen LogP contribution is 2.26. The summed E-state index contributed by atoms with van der Waals surface area (Å²) in [6.45, 7) is 6.00. The molecule has 0 atom stereocenters. The number of benzene rings is 3. The van der Waals surface area contributed by atoms with Crippen LogP contribution in [-0.2, 0) is 10.0 Å². The van der Waals surface area contributed by atoms with Crippen molar-refractivity contribution < 1.29 is 17.9 Å². The van der Waals surface area contributed by atoms with Crippen LogP contribution in [0.3, 0.4) is 0 Å². The third-order valence-corrected chi connectivity index (χ3v) is 5.88. The van der Waals surface area contributed by atoms with Crippen LogP contribution >= 0.6 is 0 Å². The van der Waals surface area contributed by atoms with Crippen LogP contribution in [0.25, 0.3) is 0 Å². The molecule has 0 radical (unpaired) electrons. The first kappa shape index (κ1) is 21.4. The Bertz CT molecular complexity index is 1160. The fourth-order valence-electron chi connectivity index (χ4n) is 2.89. The Morgan fingerprint density at radius 3 is 2.30 bits per heavy atom. The Hall–Kier alpha value is -3.32. The molecule has 0 bridgehead atoms. The number of nitrogens with one attached hydrogen (secondary N) is 2. The first-order valence-electron chi connectivity index (χ1n) is 9.53. The van der Waals surface area contributed by atoms with Crippen LogP contribution in [0, 0.1) is 13.8 Å². The number of hydrogen-bond donors (Lipinski definition) is 2. The largest absolute Gasteiger partial charge is 0.492 e. The monoisotopic (exact) mass is 424 g/mol. The molecule has 30 heavy (non-hydrogen) atoms. The smallest absolute Gasteiger partial charge is 0.261 e. The summed E-state index contributed by atoms with van der Waals surface area (Å²) in [4.78, 5) is 12.8. The van der Waals surface area contributed by atoms with Gasteiger partial charge < -0.3 is 10.1 Å². The molecule has 0 unspecified atom stereocenters. The number of rotatable bonds is 7. The zero-order valence-electron chi connectivity index (χ0n) is 17.1. The molecule has 6 nitrogen and oxygen atoms in total. The van der Waals surface area contributed by atoms with Gasteiger partial charge in [-0.05, 0) is 68.8 Å². The maximum Gasteiger partial charge on any atom is 0.261 e. The van der Waals surface area contributed by atoms with Crippen molar-refractivity contribution in [3.05, 3.63) is 83.4 Å². The van der Waals surface area contributed by atoms with Crippen LogP contribution in [0.1, 0.15) is 28.4 Å². The van der Waals surface area contributed by atoms with Gasteiger partial charge in [0.2, 0.25) is 0 Å². The lowest BCUT2D eigenvalue weighted by Gasteiger charge is -2.13. The number of hydrogen-bond acceptors (Lipinski definition) is 4. The molecule has 0 heterocycles. The molecule has 3 aromatic rings. The van der Waals surface area contributed by atoms with Crippen molar-refractivity contribution in [1.29, 1.82) is 0 Å². The molecule has 1 amide bonds. The highest BCUT2D eigenvalue weighted by molar-refractivity contribution is 7.92. The second kappa shape index (κ2) is 9.00. The van der Waals surface area contributed by atoms with E-state index in [1.54, 1.807) is 61.5 Å². The molecule has 3 aromatic carbocycles. The highest BCUT2D eigenvalue weighted by atomic mass is 32.2. The molecule has 7 heteroatoms. The number of aryl methyl sites for hydroxylation is 2. The Labute approximate surface area is 177 Å². The average molecular weight is 425 g/mol. The zero-order chi connectivity index (χ0) is 21.7. The number of amides is 1. The third-order valence-electron chi connectivity index (χ3n) is 4.50. The van der Waals surface area contributed by atoms with Gasteiger partial charge in [0.05, 0.1) is 22.9 Å². The van der Waals surface area contributed by atoms with Crippen molar-refractivity contribution in [3.63, 3.8) is 0 Å². The van der Waals surface area contributed by atoms with Gasteiger partial charge in [-0.25, -0.2) is 8.42 Å². The molecular formula is C23H24N2O4S. The second-order valence-electron chi connectivity index (χ2n) is 6.83. The molecule has 156 valence electrons. The molecule has 0 aromatic heterocycles. The van der Waals surface area contributed by atoms with Crippen LogP contribution in [0.5, 0.6) is 5.75 Å². The molecular weight excluding hydrogens is 400 g/mol. The van der Waals surface area contributed by atoms with Gasteiger partial charge >= 0.3 is 0 Å². The molecule has 0 aliphatic rings. The van der Waals surface area contributed by atoms with E-state index in [1.165, 1.54) is 0 Å². The SMILES string of the molecule is CCOc1ccccc1NC(=O)c1ccc(NS(=O)(=O)c2ccc(C)cc2)c(C)c1. The number of sulfonamides is 1. The molecule has 0 aliphatic heterocycles. The molecule has 0 saturated heterocycles. The molecule has 3 rings (SSSR count). The number of para-hydroxylation sites is 2. The topological polar surface area (TPSA) is 84.5 Å². The lowest BCUT2D eigenvalue weighted by atomic mass is 10.1. The fourth-order valence-corrected chi connectivity index (χ4v) is 4.02. The first-order valence-corrected chi connectivity index (χ1v) is 11.0. The normalized spacial score (nSPS) is 11.0. The third kappa shape index (κ3) is 4.99. The van der Waals surface area contributed by atoms with Crippen LogP contribution < -0.4 is 14.8 Å². The first-order chi connectivity index (χ1) is 14.3. The quantitative estimate of drug-likeness (QED) is 0.573. The number of carbonyl (C=O) groups excluding carboxylic acids is 1. The van der Waals surface area contributed by atoms with Crippen molar-refractivity contribution in [3.8, 4) is 5.75 Å². The Morgan fingerprint density at radius 2 is 1.63 bits per heavy atom. The van der Waals surface area contributed by atoms with E-state index in [0.717, 1.165) is 5.56 Å². The van der Waals surface area contributed by atoms with Crippen LogP contribution in [0.2, 0.25) is 0 Å². The number of ether oxygens (including phenoxy) is 1. The summed E-state index contributed by atoms with van der Waals surface area (Å²) in [5, 5.41) is 2.84. The summed E-state index contributed by atoms with van der Waals surface area (Å²) in [5.74, 6) is 0.283. The predicted octanol–water partition coefficient (Wildman–Crippen LogP) is 4.76. The predicted molar refractivity (Wildman–Crippen MR) is 119 cm³/mol. The van der Waals surface area contributed by atoms with Gasteiger partial charge in [-0.2, -0.15) is 0 Å². The Kier molecular flexibility index (Phi) is 6.42. The van der Waals surface area contributed by atoms with E-state index in [9.17, 15) is 13.2 Å². The van der Waals surface area contributed by atoms with Gasteiger partial charge in [-0.3, -0.25) is 9.52 Å². The van der Waals surface area contributed by atoms with Crippen molar-refractivity contribution in [2.45, 2.75) is 25.7 Å². The Balaban J connectivity index is 1.78. The van der Waals surface area contributed by atoms with Gasteiger partial charge in [0.1, 0.15) is 5.75 Å². The fraction of sp³-hybridized carbons (Fsp3) is 0.174. The van der Waals surface area contributed by atoms with E-state index >= 15 is 0 Å². The standard InChI is InChI=1S/C23H24N2O4S/c1-4-29-22-8-6-5-7-21(22)24-23(26)18-11-14-20(17(3)15-18)25-30(27,28)19-12-9-16(2)10-13-19/h5-15,25H,4H2,1-3H3,(H,24,26). The summed E-state index contributed by atoms with van der Waals surface area (Å²) in [6.07, 6.45) is 0. The number of carbonyl (C=O) groups is 1. The van der Waals surface area contributed by atoms with Gasteiger partial charge in [-0.15, -0.1) is 0 Å². The van der Waals surface area contributed by atoms with Crippen molar-refractivity contribution in [1.82, 2.24) is 0 Å². The summed E-state index contributed by atoms with van der Waals surface area (Å²) in [6, 6.07) is 18.6. The van der Waals surface area contributed by atoms with Crippen molar-refractivity contribution >= 4 is 27.3 Å². The lowest BCUT2D eigenvalue weighted by molar-refractivity contribution is 0.102. The van der Waals surface area contributed by atoms with Gasteiger partial charge in [0.15, 0.2) is 0 Å². The van der Waals surface area contributed by atoms with E-state index in [1.807, 2.05) is 26.0 Å². The minimum atomic E-state index is -3.71.